The van der Waals surface area contributed by atoms with E-state index in [0.717, 1.165) is 25.7 Å². The molecule has 0 spiro atoms. The Hall–Kier alpha value is -1.32. The summed E-state index contributed by atoms with van der Waals surface area (Å²) in [6.45, 7) is 0. The maximum Gasteiger partial charge on any atom is 0.307 e. The van der Waals surface area contributed by atoms with E-state index >= 15 is 0 Å². The van der Waals surface area contributed by atoms with Gasteiger partial charge in [-0.1, -0.05) is 12.2 Å². The molecule has 4 atom stereocenters. The molecule has 4 heteroatoms. The molecule has 2 rings (SSSR count). The van der Waals surface area contributed by atoms with E-state index in [2.05, 4.69) is 10.8 Å². The first-order valence-electron chi connectivity index (χ1n) is 7.09. The van der Waals surface area contributed by atoms with Crippen molar-refractivity contribution in [2.24, 2.45) is 23.7 Å². The molecular weight excluding hydrogens is 244 g/mol. The lowest BCUT2D eigenvalue weighted by Gasteiger charge is -2.25. The number of carbonyl (C=O) groups excluding carboxylic acids is 1. The normalized spacial score (nSPS) is 32.9. The Labute approximate surface area is 113 Å². The average Bonchev–Trinajstić information content (AvgIpc) is 2.98. The molecule has 0 heterocycles. The molecule has 19 heavy (non-hydrogen) atoms. The van der Waals surface area contributed by atoms with E-state index in [0.29, 0.717) is 18.3 Å². The number of unbranched alkanes of at least 4 members (excludes halogenated alkanes) is 1. The van der Waals surface area contributed by atoms with Crippen LogP contribution in [0.15, 0.2) is 12.2 Å². The van der Waals surface area contributed by atoms with E-state index in [4.69, 9.17) is 0 Å². The zero-order chi connectivity index (χ0) is 13.8. The van der Waals surface area contributed by atoms with E-state index in [9.17, 15) is 14.7 Å². The molecule has 1 N–H and O–H groups in total. The molecule has 2 aliphatic carbocycles. The smallest absolute Gasteiger partial charge is 0.307 e. The number of esters is 1. The Kier molecular flexibility index (Phi) is 4.61. The van der Waals surface area contributed by atoms with Gasteiger partial charge in [-0.3, -0.25) is 9.59 Å². The van der Waals surface area contributed by atoms with Crippen molar-refractivity contribution >= 4 is 11.9 Å². The van der Waals surface area contributed by atoms with Gasteiger partial charge in [-0.05, 0) is 49.9 Å². The fourth-order valence-corrected chi connectivity index (χ4v) is 3.70. The lowest BCUT2D eigenvalue weighted by atomic mass is 9.79. The highest BCUT2D eigenvalue weighted by Gasteiger charge is 2.49. The van der Waals surface area contributed by atoms with Gasteiger partial charge in [-0.2, -0.15) is 0 Å². The van der Waals surface area contributed by atoms with Crippen LogP contribution in [0.1, 0.15) is 38.5 Å². The monoisotopic (exact) mass is 266 g/mol. The largest absolute Gasteiger partial charge is 0.481 e. The number of allylic oxidation sites excluding steroid dienone is 2. The van der Waals surface area contributed by atoms with E-state index in [1.54, 1.807) is 0 Å². The number of carbonyl (C=O) groups is 2. The van der Waals surface area contributed by atoms with Crippen molar-refractivity contribution in [1.29, 1.82) is 0 Å². The number of aliphatic carboxylic acids is 1. The Balaban J connectivity index is 1.81. The van der Waals surface area contributed by atoms with Gasteiger partial charge in [-0.15, -0.1) is 0 Å². The standard InChI is InChI=1S/C15H22O4/c1-19-13(16)6-4-2-3-5-12-10-7-8-11(9-10)14(12)15(17)18/h3,5,10-12,14H,2,4,6-9H2,1H3,(H,17,18)/b5-3+. The van der Waals surface area contributed by atoms with E-state index in [1.807, 2.05) is 6.08 Å². The van der Waals surface area contributed by atoms with Gasteiger partial charge in [0, 0.05) is 6.42 Å². The second kappa shape index (κ2) is 6.22. The zero-order valence-electron chi connectivity index (χ0n) is 11.4. The van der Waals surface area contributed by atoms with Gasteiger partial charge in [-0.25, -0.2) is 0 Å². The predicted octanol–water partition coefficient (Wildman–Crippen LogP) is 2.63. The van der Waals surface area contributed by atoms with Crippen LogP contribution in [0.5, 0.6) is 0 Å². The van der Waals surface area contributed by atoms with Crippen LogP contribution in [0.4, 0.5) is 0 Å². The third-order valence-corrected chi connectivity index (χ3v) is 4.60. The van der Waals surface area contributed by atoms with Gasteiger partial charge < -0.3 is 9.84 Å². The molecule has 106 valence electrons. The van der Waals surface area contributed by atoms with Gasteiger partial charge >= 0.3 is 11.9 Å². The summed E-state index contributed by atoms with van der Waals surface area (Å²) in [6, 6.07) is 0. The molecular formula is C15H22O4. The Morgan fingerprint density at radius 1 is 1.32 bits per heavy atom. The fourth-order valence-electron chi connectivity index (χ4n) is 3.70. The van der Waals surface area contributed by atoms with Crippen molar-refractivity contribution < 1.29 is 19.4 Å². The molecule has 0 saturated heterocycles. The first-order valence-corrected chi connectivity index (χ1v) is 7.09. The number of hydrogen-bond acceptors (Lipinski definition) is 3. The van der Waals surface area contributed by atoms with Gasteiger partial charge in [0.1, 0.15) is 0 Å². The van der Waals surface area contributed by atoms with Crippen LogP contribution < -0.4 is 0 Å². The number of carboxylic acids is 1. The molecule has 0 aromatic carbocycles. The molecule has 4 unspecified atom stereocenters. The van der Waals surface area contributed by atoms with Crippen LogP contribution in [0.25, 0.3) is 0 Å². The van der Waals surface area contributed by atoms with Crippen molar-refractivity contribution in [3.05, 3.63) is 12.2 Å². The molecule has 2 saturated carbocycles. The van der Waals surface area contributed by atoms with Gasteiger partial charge in [0.05, 0.1) is 13.0 Å². The van der Waals surface area contributed by atoms with Crippen LogP contribution >= 0.6 is 0 Å². The fraction of sp³-hybridized carbons (Fsp3) is 0.733. The second-order valence-electron chi connectivity index (χ2n) is 5.67. The van der Waals surface area contributed by atoms with Gasteiger partial charge in [0.2, 0.25) is 0 Å². The topological polar surface area (TPSA) is 63.6 Å². The number of rotatable bonds is 6. The van der Waals surface area contributed by atoms with Crippen LogP contribution in [0.2, 0.25) is 0 Å². The summed E-state index contributed by atoms with van der Waals surface area (Å²) in [5.74, 6) is 0.133. The second-order valence-corrected chi connectivity index (χ2v) is 5.67. The molecule has 4 nitrogen and oxygen atoms in total. The van der Waals surface area contributed by atoms with Gasteiger partial charge in [0.25, 0.3) is 0 Å². The third-order valence-electron chi connectivity index (χ3n) is 4.60. The summed E-state index contributed by atoms with van der Waals surface area (Å²) in [7, 11) is 1.39. The van der Waals surface area contributed by atoms with Gasteiger partial charge in [0.15, 0.2) is 0 Å². The minimum absolute atomic E-state index is 0.184. The summed E-state index contributed by atoms with van der Waals surface area (Å²) in [5.41, 5.74) is 0. The highest BCUT2D eigenvalue weighted by molar-refractivity contribution is 5.72. The minimum Gasteiger partial charge on any atom is -0.481 e. The predicted molar refractivity (Wildman–Crippen MR) is 70.5 cm³/mol. The van der Waals surface area contributed by atoms with Crippen molar-refractivity contribution in [3.8, 4) is 0 Å². The van der Waals surface area contributed by atoms with Crippen LogP contribution in [0.3, 0.4) is 0 Å². The SMILES string of the molecule is COC(=O)CCC/C=C/C1C2CCC(C2)C1C(=O)O. The number of methoxy groups -OCH3 is 1. The van der Waals surface area contributed by atoms with Crippen LogP contribution in [-0.4, -0.2) is 24.2 Å². The van der Waals surface area contributed by atoms with E-state index in [1.165, 1.54) is 13.5 Å². The lowest BCUT2D eigenvalue weighted by molar-refractivity contribution is -0.144. The summed E-state index contributed by atoms with van der Waals surface area (Å²) >= 11 is 0. The van der Waals surface area contributed by atoms with Crippen LogP contribution in [-0.2, 0) is 14.3 Å². The zero-order valence-corrected chi connectivity index (χ0v) is 11.4. The molecule has 0 amide bonds. The lowest BCUT2D eigenvalue weighted by Crippen LogP contribution is -2.28. The minimum atomic E-state index is -0.642. The number of fused-ring (bicyclic) bond motifs is 2. The summed E-state index contributed by atoms with van der Waals surface area (Å²) < 4.78 is 4.58. The Morgan fingerprint density at radius 3 is 2.74 bits per heavy atom. The molecule has 2 bridgehead atoms. The summed E-state index contributed by atoms with van der Waals surface area (Å²) in [4.78, 5) is 22.3. The molecule has 2 fully saturated rings. The maximum atomic E-state index is 11.3. The molecule has 0 aromatic heterocycles. The first kappa shape index (κ1) is 14.1. The molecule has 0 aliphatic heterocycles. The molecule has 2 aliphatic rings. The Bertz CT molecular complexity index is 374. The first-order chi connectivity index (χ1) is 9.13. The van der Waals surface area contributed by atoms with Crippen molar-refractivity contribution in [2.45, 2.75) is 38.5 Å². The number of ether oxygens (including phenoxy) is 1. The number of hydrogen-bond donors (Lipinski definition) is 1. The van der Waals surface area contributed by atoms with Crippen molar-refractivity contribution in [3.63, 3.8) is 0 Å². The highest BCUT2D eigenvalue weighted by Crippen LogP contribution is 2.52. The molecule has 0 radical (unpaired) electrons. The highest BCUT2D eigenvalue weighted by atomic mass is 16.5. The van der Waals surface area contributed by atoms with E-state index in [-0.39, 0.29) is 17.8 Å². The van der Waals surface area contributed by atoms with E-state index < -0.39 is 5.97 Å². The third kappa shape index (κ3) is 3.17. The summed E-state index contributed by atoms with van der Waals surface area (Å²) in [6.07, 6.45) is 9.47. The van der Waals surface area contributed by atoms with Crippen molar-refractivity contribution in [2.75, 3.05) is 7.11 Å². The van der Waals surface area contributed by atoms with Crippen molar-refractivity contribution in [1.82, 2.24) is 0 Å². The van der Waals surface area contributed by atoms with Crippen LogP contribution in [0, 0.1) is 23.7 Å². The summed E-state index contributed by atoms with van der Waals surface area (Å²) in [5, 5.41) is 9.32. The maximum absolute atomic E-state index is 11.3. The Morgan fingerprint density at radius 2 is 2.05 bits per heavy atom. The average molecular weight is 266 g/mol. The molecule has 0 aromatic rings. The quantitative estimate of drug-likeness (QED) is 0.456. The number of carboxylic acid groups (broad SMARTS) is 1.